The molecule has 0 atom stereocenters. The van der Waals surface area contributed by atoms with Crippen molar-refractivity contribution in [2.75, 3.05) is 11.9 Å². The van der Waals surface area contributed by atoms with Gasteiger partial charge in [0.1, 0.15) is 10.8 Å². The summed E-state index contributed by atoms with van der Waals surface area (Å²) in [5.74, 6) is -0.762. The molecule has 21 heavy (non-hydrogen) atoms. The van der Waals surface area contributed by atoms with Gasteiger partial charge in [-0.15, -0.1) is 11.3 Å². The van der Waals surface area contributed by atoms with E-state index in [4.69, 9.17) is 0 Å². The van der Waals surface area contributed by atoms with E-state index in [0.29, 0.717) is 12.1 Å². The average Bonchev–Trinajstić information content (AvgIpc) is 2.95. The first-order valence-corrected chi connectivity index (χ1v) is 7.58. The van der Waals surface area contributed by atoms with Crippen molar-refractivity contribution in [1.29, 1.82) is 0 Å². The van der Waals surface area contributed by atoms with Crippen LogP contribution >= 0.6 is 11.3 Å². The van der Waals surface area contributed by atoms with Crippen molar-refractivity contribution in [2.45, 2.75) is 26.3 Å². The van der Waals surface area contributed by atoms with E-state index >= 15 is 0 Å². The van der Waals surface area contributed by atoms with Crippen LogP contribution in [0, 0.1) is 5.82 Å². The number of anilines is 1. The van der Waals surface area contributed by atoms with E-state index in [9.17, 15) is 9.18 Å². The lowest BCUT2D eigenvalue weighted by molar-refractivity contribution is 0.0912. The highest BCUT2D eigenvalue weighted by Crippen LogP contribution is 2.25. The molecule has 2 rings (SSSR count). The Labute approximate surface area is 127 Å². The zero-order chi connectivity index (χ0) is 15.5. The fourth-order valence-electron chi connectivity index (χ4n) is 2.01. The van der Waals surface area contributed by atoms with Gasteiger partial charge in [0.05, 0.1) is 16.8 Å². The molecule has 0 radical (unpaired) electrons. The van der Waals surface area contributed by atoms with Gasteiger partial charge >= 0.3 is 0 Å². The molecule has 0 fully saturated rings. The molecule has 0 spiro atoms. The van der Waals surface area contributed by atoms with Crippen LogP contribution in [0.3, 0.4) is 0 Å². The quantitative estimate of drug-likeness (QED) is 0.890. The Bertz CT molecular complexity index is 626. The molecule has 1 aromatic heterocycles. The maximum absolute atomic E-state index is 13.9. The van der Waals surface area contributed by atoms with Crippen LogP contribution in [0.25, 0.3) is 0 Å². The monoisotopic (exact) mass is 307 g/mol. The molecule has 0 aliphatic rings. The van der Waals surface area contributed by atoms with E-state index in [2.05, 4.69) is 15.6 Å². The van der Waals surface area contributed by atoms with Gasteiger partial charge in [0, 0.05) is 18.1 Å². The van der Waals surface area contributed by atoms with Gasteiger partial charge in [0.2, 0.25) is 0 Å². The number of thiazole rings is 1. The highest BCUT2D eigenvalue weighted by Gasteiger charge is 2.27. The van der Waals surface area contributed by atoms with Crippen molar-refractivity contribution in [3.63, 3.8) is 0 Å². The van der Waals surface area contributed by atoms with Crippen molar-refractivity contribution >= 4 is 22.9 Å². The van der Waals surface area contributed by atoms with Gasteiger partial charge in [0.25, 0.3) is 5.91 Å². The number of amides is 1. The van der Waals surface area contributed by atoms with Gasteiger partial charge in [-0.25, -0.2) is 9.37 Å². The highest BCUT2D eigenvalue weighted by molar-refractivity contribution is 7.09. The van der Waals surface area contributed by atoms with Gasteiger partial charge in [-0.2, -0.15) is 0 Å². The molecule has 0 aliphatic carbocycles. The van der Waals surface area contributed by atoms with E-state index < -0.39 is 11.4 Å². The van der Waals surface area contributed by atoms with Crippen molar-refractivity contribution < 1.29 is 9.18 Å². The summed E-state index contributed by atoms with van der Waals surface area (Å²) in [6.45, 7) is 6.14. The lowest BCUT2D eigenvalue weighted by atomic mass is 10.0. The third kappa shape index (κ3) is 3.39. The van der Waals surface area contributed by atoms with Gasteiger partial charge in [0.15, 0.2) is 0 Å². The molecule has 1 heterocycles. The predicted molar refractivity (Wildman–Crippen MR) is 83.2 cm³/mol. The van der Waals surface area contributed by atoms with Crippen LogP contribution in [0.2, 0.25) is 0 Å². The average molecular weight is 307 g/mol. The van der Waals surface area contributed by atoms with Crippen molar-refractivity contribution in [3.8, 4) is 0 Å². The Morgan fingerprint density at radius 2 is 2.19 bits per heavy atom. The molecule has 0 saturated carbocycles. The smallest absolute Gasteiger partial charge is 0.254 e. The minimum absolute atomic E-state index is 0.229. The first-order chi connectivity index (χ1) is 9.95. The van der Waals surface area contributed by atoms with Crippen molar-refractivity contribution in [3.05, 3.63) is 46.2 Å². The molecule has 0 aliphatic heterocycles. The molecule has 2 N–H and O–H groups in total. The highest BCUT2D eigenvalue weighted by atomic mass is 32.1. The first-order valence-electron chi connectivity index (χ1n) is 6.70. The molecule has 6 heteroatoms. The molecule has 4 nitrogen and oxygen atoms in total. The van der Waals surface area contributed by atoms with Crippen LogP contribution in [0.5, 0.6) is 0 Å². The Hall–Kier alpha value is -1.95. The van der Waals surface area contributed by atoms with Gasteiger partial charge in [-0.05, 0) is 32.9 Å². The second-order valence-corrected chi connectivity index (χ2v) is 6.00. The number of nitrogens with zero attached hydrogens (tertiary/aromatic N) is 1. The standard InChI is InChI=1S/C15H18FN3OS/c1-4-17-12-10(6-5-7-11(12)16)13(20)19-15(2,3)14-18-8-9-21-14/h5-9,17H,4H2,1-3H3,(H,19,20). The van der Waals surface area contributed by atoms with E-state index in [1.807, 2.05) is 26.2 Å². The van der Waals surface area contributed by atoms with Gasteiger partial charge < -0.3 is 10.6 Å². The summed E-state index contributed by atoms with van der Waals surface area (Å²) in [5, 5.41) is 8.46. The van der Waals surface area contributed by atoms with E-state index in [1.54, 1.807) is 12.3 Å². The van der Waals surface area contributed by atoms with E-state index in [-0.39, 0.29) is 11.6 Å². The topological polar surface area (TPSA) is 54.0 Å². The second-order valence-electron chi connectivity index (χ2n) is 5.11. The number of rotatable bonds is 5. The largest absolute Gasteiger partial charge is 0.382 e. The molecule has 0 unspecified atom stereocenters. The molecule has 2 aromatic rings. The lowest BCUT2D eigenvalue weighted by Gasteiger charge is -2.24. The Kier molecular flexibility index (Phi) is 4.57. The van der Waals surface area contributed by atoms with Crippen LogP contribution in [0.15, 0.2) is 29.8 Å². The fraction of sp³-hybridized carbons (Fsp3) is 0.333. The molecule has 1 aromatic carbocycles. The first kappa shape index (κ1) is 15.4. The maximum Gasteiger partial charge on any atom is 0.254 e. The van der Waals surface area contributed by atoms with Gasteiger partial charge in [-0.3, -0.25) is 4.79 Å². The number of benzene rings is 1. The van der Waals surface area contributed by atoms with E-state index in [0.717, 1.165) is 5.01 Å². The predicted octanol–water partition coefficient (Wildman–Crippen LogP) is 3.38. The van der Waals surface area contributed by atoms with Crippen LogP contribution in [-0.2, 0) is 5.54 Å². The number of carbonyl (C=O) groups excluding carboxylic acids is 1. The summed E-state index contributed by atoms with van der Waals surface area (Å²) in [4.78, 5) is 16.7. The Balaban J connectivity index is 2.27. The zero-order valence-corrected chi connectivity index (χ0v) is 13.1. The Morgan fingerprint density at radius 1 is 1.43 bits per heavy atom. The van der Waals surface area contributed by atoms with E-state index in [1.165, 1.54) is 23.5 Å². The number of hydrogen-bond acceptors (Lipinski definition) is 4. The van der Waals surface area contributed by atoms with Crippen molar-refractivity contribution in [1.82, 2.24) is 10.3 Å². The minimum Gasteiger partial charge on any atom is -0.382 e. The normalized spacial score (nSPS) is 11.2. The van der Waals surface area contributed by atoms with Crippen LogP contribution in [0.4, 0.5) is 10.1 Å². The SMILES string of the molecule is CCNc1c(F)cccc1C(=O)NC(C)(C)c1nccs1. The second kappa shape index (κ2) is 6.22. The number of hydrogen-bond donors (Lipinski definition) is 2. The third-order valence-electron chi connectivity index (χ3n) is 3.00. The number of nitrogens with one attached hydrogen (secondary N) is 2. The van der Waals surface area contributed by atoms with Gasteiger partial charge in [-0.1, -0.05) is 6.07 Å². The number of para-hydroxylation sites is 1. The van der Waals surface area contributed by atoms with Crippen LogP contribution < -0.4 is 10.6 Å². The summed E-state index contributed by atoms with van der Waals surface area (Å²) < 4.78 is 13.9. The minimum atomic E-state index is -0.610. The molecular formula is C15H18FN3OS. The lowest BCUT2D eigenvalue weighted by Crippen LogP contribution is -2.41. The summed E-state index contributed by atoms with van der Waals surface area (Å²) in [6, 6.07) is 4.47. The number of carbonyl (C=O) groups is 1. The van der Waals surface area contributed by atoms with Crippen LogP contribution in [-0.4, -0.2) is 17.4 Å². The molecule has 0 saturated heterocycles. The molecule has 112 valence electrons. The number of aromatic nitrogens is 1. The summed E-state index contributed by atoms with van der Waals surface area (Å²) in [5.41, 5.74) is -0.0879. The summed E-state index contributed by atoms with van der Waals surface area (Å²) in [7, 11) is 0. The maximum atomic E-state index is 13.9. The third-order valence-corrected chi connectivity index (χ3v) is 4.10. The number of halogens is 1. The molecule has 1 amide bonds. The van der Waals surface area contributed by atoms with Crippen LogP contribution in [0.1, 0.15) is 36.1 Å². The molecular weight excluding hydrogens is 289 g/mol. The molecule has 0 bridgehead atoms. The summed E-state index contributed by atoms with van der Waals surface area (Å²) >= 11 is 1.47. The van der Waals surface area contributed by atoms with Crippen molar-refractivity contribution in [2.24, 2.45) is 0 Å². The fourth-order valence-corrected chi connectivity index (χ4v) is 2.72. The Morgan fingerprint density at radius 3 is 2.81 bits per heavy atom. The zero-order valence-electron chi connectivity index (χ0n) is 12.2. The summed E-state index contributed by atoms with van der Waals surface area (Å²) in [6.07, 6.45) is 1.69.